The number of imide groups is 1. The van der Waals surface area contributed by atoms with Gasteiger partial charge in [0.15, 0.2) is 0 Å². The van der Waals surface area contributed by atoms with Crippen molar-refractivity contribution < 1.29 is 14.4 Å². The van der Waals surface area contributed by atoms with Gasteiger partial charge < -0.3 is 4.90 Å². The Morgan fingerprint density at radius 1 is 0.893 bits per heavy atom. The number of carbonyl (C=O) groups excluding carboxylic acids is 3. The molecule has 144 valence electrons. The van der Waals surface area contributed by atoms with E-state index in [1.807, 2.05) is 23.1 Å². The number of rotatable bonds is 3. The molecule has 0 saturated carbocycles. The lowest BCUT2D eigenvalue weighted by molar-refractivity contribution is -0.123. The SMILES string of the molecule is O=C(c1ccccc1)N1CCN([C@H]2CC(=O)N(c3ccc(Cl)cc3)C2=O)CC1. The van der Waals surface area contributed by atoms with Gasteiger partial charge in [0.1, 0.15) is 0 Å². The van der Waals surface area contributed by atoms with Crippen LogP contribution in [0.15, 0.2) is 54.6 Å². The summed E-state index contributed by atoms with van der Waals surface area (Å²) in [5.74, 6) is -0.424. The molecule has 2 aromatic carbocycles. The number of benzene rings is 2. The maximum absolute atomic E-state index is 12.9. The Morgan fingerprint density at radius 3 is 2.18 bits per heavy atom. The number of amides is 3. The van der Waals surface area contributed by atoms with Crippen LogP contribution >= 0.6 is 11.6 Å². The molecule has 2 fully saturated rings. The van der Waals surface area contributed by atoms with Gasteiger partial charge in [0.2, 0.25) is 5.91 Å². The Labute approximate surface area is 168 Å². The van der Waals surface area contributed by atoms with Crippen LogP contribution in [-0.4, -0.2) is 59.7 Å². The third kappa shape index (κ3) is 3.53. The summed E-state index contributed by atoms with van der Waals surface area (Å²) in [6.07, 6.45) is 0.161. The molecule has 0 aliphatic carbocycles. The van der Waals surface area contributed by atoms with Crippen molar-refractivity contribution in [2.45, 2.75) is 12.5 Å². The minimum atomic E-state index is -0.475. The van der Waals surface area contributed by atoms with Crippen LogP contribution in [0.1, 0.15) is 16.8 Å². The molecule has 2 aliphatic rings. The number of hydrogen-bond donors (Lipinski definition) is 0. The molecule has 6 nitrogen and oxygen atoms in total. The number of hydrogen-bond acceptors (Lipinski definition) is 4. The largest absolute Gasteiger partial charge is 0.336 e. The first-order valence-corrected chi connectivity index (χ1v) is 9.63. The maximum Gasteiger partial charge on any atom is 0.253 e. The zero-order chi connectivity index (χ0) is 19.7. The van der Waals surface area contributed by atoms with Gasteiger partial charge in [0, 0.05) is 36.8 Å². The van der Waals surface area contributed by atoms with Crippen molar-refractivity contribution >= 4 is 35.0 Å². The Morgan fingerprint density at radius 2 is 1.54 bits per heavy atom. The minimum absolute atomic E-state index is 0.00290. The van der Waals surface area contributed by atoms with Gasteiger partial charge in [-0.1, -0.05) is 29.8 Å². The van der Waals surface area contributed by atoms with Crippen LogP contribution in [0.25, 0.3) is 0 Å². The third-order valence-electron chi connectivity index (χ3n) is 5.27. The maximum atomic E-state index is 12.9. The molecule has 2 heterocycles. The van der Waals surface area contributed by atoms with E-state index in [1.54, 1.807) is 41.3 Å². The lowest BCUT2D eigenvalue weighted by Crippen LogP contribution is -2.53. The molecule has 4 rings (SSSR count). The van der Waals surface area contributed by atoms with Gasteiger partial charge in [-0.05, 0) is 36.4 Å². The summed E-state index contributed by atoms with van der Waals surface area (Å²) in [4.78, 5) is 43.0. The van der Waals surface area contributed by atoms with E-state index >= 15 is 0 Å². The van der Waals surface area contributed by atoms with Crippen molar-refractivity contribution in [1.29, 1.82) is 0 Å². The topological polar surface area (TPSA) is 60.9 Å². The molecule has 0 aromatic heterocycles. The molecule has 2 saturated heterocycles. The van der Waals surface area contributed by atoms with Gasteiger partial charge in [-0.25, -0.2) is 4.90 Å². The number of nitrogens with zero attached hydrogens (tertiary/aromatic N) is 3. The van der Waals surface area contributed by atoms with Crippen LogP contribution in [0, 0.1) is 0 Å². The van der Waals surface area contributed by atoms with Crippen molar-refractivity contribution in [2.75, 3.05) is 31.1 Å². The smallest absolute Gasteiger partial charge is 0.253 e. The predicted octanol–water partition coefficient (Wildman–Crippen LogP) is 2.43. The highest BCUT2D eigenvalue weighted by Gasteiger charge is 2.43. The molecule has 0 N–H and O–H groups in total. The standard InChI is InChI=1S/C21H20ClN3O3/c22-16-6-8-17(9-7-16)25-19(26)14-18(21(25)28)23-10-12-24(13-11-23)20(27)15-4-2-1-3-5-15/h1-9,18H,10-14H2/t18-/m0/s1. The second-order valence-electron chi connectivity index (χ2n) is 6.96. The van der Waals surface area contributed by atoms with Crippen molar-refractivity contribution in [1.82, 2.24) is 9.80 Å². The average Bonchev–Trinajstić information content (AvgIpc) is 3.03. The van der Waals surface area contributed by atoms with Gasteiger partial charge >= 0.3 is 0 Å². The Hall–Kier alpha value is -2.70. The zero-order valence-corrected chi connectivity index (χ0v) is 16.0. The van der Waals surface area contributed by atoms with Crippen molar-refractivity contribution in [3.63, 3.8) is 0 Å². The highest BCUT2D eigenvalue weighted by Crippen LogP contribution is 2.27. The van der Waals surface area contributed by atoms with Gasteiger partial charge in [0.25, 0.3) is 11.8 Å². The van der Waals surface area contributed by atoms with Gasteiger partial charge in [-0.15, -0.1) is 0 Å². The first-order chi connectivity index (χ1) is 13.5. The van der Waals surface area contributed by atoms with Gasteiger partial charge in [-0.3, -0.25) is 19.3 Å². The van der Waals surface area contributed by atoms with E-state index in [0.717, 1.165) is 0 Å². The first-order valence-electron chi connectivity index (χ1n) is 9.25. The summed E-state index contributed by atoms with van der Waals surface area (Å²) in [6.45, 7) is 2.20. The van der Waals surface area contributed by atoms with Crippen LogP contribution in [0.4, 0.5) is 5.69 Å². The molecule has 2 aromatic rings. The fourth-order valence-corrected chi connectivity index (χ4v) is 3.89. The molecule has 1 atom stereocenters. The second-order valence-corrected chi connectivity index (χ2v) is 7.39. The fraction of sp³-hybridized carbons (Fsp3) is 0.286. The second kappa shape index (κ2) is 7.73. The Kier molecular flexibility index (Phi) is 5.15. The van der Waals surface area contributed by atoms with Gasteiger partial charge in [0.05, 0.1) is 18.2 Å². The van der Waals surface area contributed by atoms with Crippen molar-refractivity contribution in [3.05, 3.63) is 65.2 Å². The quantitative estimate of drug-likeness (QED) is 0.746. The molecule has 2 aliphatic heterocycles. The molecule has 7 heteroatoms. The van der Waals surface area contributed by atoms with E-state index in [0.29, 0.717) is 42.5 Å². The summed E-state index contributed by atoms with van der Waals surface area (Å²) in [5, 5.41) is 0.554. The molecule has 3 amide bonds. The molecule has 0 bridgehead atoms. The van der Waals surface area contributed by atoms with Crippen LogP contribution in [-0.2, 0) is 9.59 Å². The van der Waals surface area contributed by atoms with Crippen molar-refractivity contribution in [2.24, 2.45) is 0 Å². The summed E-state index contributed by atoms with van der Waals surface area (Å²) in [7, 11) is 0. The van der Waals surface area contributed by atoms with Gasteiger partial charge in [-0.2, -0.15) is 0 Å². The van der Waals surface area contributed by atoms with Crippen LogP contribution in [0.2, 0.25) is 5.02 Å². The van der Waals surface area contributed by atoms with E-state index in [4.69, 9.17) is 11.6 Å². The fourth-order valence-electron chi connectivity index (χ4n) is 3.76. The van der Waals surface area contributed by atoms with Crippen LogP contribution in [0.3, 0.4) is 0 Å². The highest BCUT2D eigenvalue weighted by molar-refractivity contribution is 6.30. The number of anilines is 1. The molecule has 0 radical (unpaired) electrons. The summed E-state index contributed by atoms with van der Waals surface area (Å²) >= 11 is 5.90. The number of piperazine rings is 1. The number of halogens is 1. The number of carbonyl (C=O) groups is 3. The Balaban J connectivity index is 1.41. The van der Waals surface area contributed by atoms with Crippen LogP contribution < -0.4 is 4.90 Å². The molecular formula is C21H20ClN3O3. The lowest BCUT2D eigenvalue weighted by Gasteiger charge is -2.37. The van der Waals surface area contributed by atoms with E-state index < -0.39 is 6.04 Å². The van der Waals surface area contributed by atoms with E-state index in [-0.39, 0.29) is 24.1 Å². The van der Waals surface area contributed by atoms with E-state index in [1.165, 1.54) is 4.90 Å². The zero-order valence-electron chi connectivity index (χ0n) is 15.3. The normalized spacial score (nSPS) is 20.7. The Bertz CT molecular complexity index is 893. The highest BCUT2D eigenvalue weighted by atomic mass is 35.5. The van der Waals surface area contributed by atoms with Crippen molar-refractivity contribution in [3.8, 4) is 0 Å². The first kappa shape index (κ1) is 18.7. The minimum Gasteiger partial charge on any atom is -0.336 e. The summed E-state index contributed by atoms with van der Waals surface area (Å²) < 4.78 is 0. The summed E-state index contributed by atoms with van der Waals surface area (Å²) in [6, 6.07) is 15.4. The van der Waals surface area contributed by atoms with E-state index in [2.05, 4.69) is 0 Å². The molecule has 0 unspecified atom stereocenters. The molecule has 28 heavy (non-hydrogen) atoms. The van der Waals surface area contributed by atoms with Crippen LogP contribution in [0.5, 0.6) is 0 Å². The molecule has 0 spiro atoms. The lowest BCUT2D eigenvalue weighted by atomic mass is 10.1. The molecular weight excluding hydrogens is 378 g/mol. The van der Waals surface area contributed by atoms with E-state index in [9.17, 15) is 14.4 Å². The third-order valence-corrected chi connectivity index (χ3v) is 5.52. The summed E-state index contributed by atoms with van der Waals surface area (Å²) in [5.41, 5.74) is 1.21. The average molecular weight is 398 g/mol. The predicted molar refractivity (Wildman–Crippen MR) is 106 cm³/mol. The monoisotopic (exact) mass is 397 g/mol.